The number of H-pyrrole nitrogens is 1. The van der Waals surface area contributed by atoms with E-state index in [1.54, 1.807) is 24.2 Å². The maximum absolute atomic E-state index is 12.2. The Balaban J connectivity index is 1.63. The number of aromatic nitrogens is 1. The first-order valence-electron chi connectivity index (χ1n) is 6.71. The van der Waals surface area contributed by atoms with Crippen LogP contribution in [-0.4, -0.2) is 42.1 Å². The SMILES string of the molecule is CN(CC1COc2ccccc2O1)C(=O)c1cc(N)c[nH]1. The lowest BCUT2D eigenvalue weighted by Crippen LogP contribution is -2.41. The van der Waals surface area contributed by atoms with Crippen molar-refractivity contribution >= 4 is 11.6 Å². The van der Waals surface area contributed by atoms with Gasteiger partial charge in [-0.2, -0.15) is 0 Å². The number of carbonyl (C=O) groups is 1. The van der Waals surface area contributed by atoms with Gasteiger partial charge in [-0.1, -0.05) is 12.1 Å². The van der Waals surface area contributed by atoms with Crippen LogP contribution >= 0.6 is 0 Å². The van der Waals surface area contributed by atoms with E-state index in [0.717, 1.165) is 5.75 Å². The molecule has 2 heterocycles. The molecule has 1 aliphatic rings. The number of benzene rings is 1. The Labute approximate surface area is 122 Å². The van der Waals surface area contributed by atoms with E-state index >= 15 is 0 Å². The summed E-state index contributed by atoms with van der Waals surface area (Å²) in [4.78, 5) is 16.7. The molecule has 0 aliphatic carbocycles. The van der Waals surface area contributed by atoms with Gasteiger partial charge in [0.1, 0.15) is 12.3 Å². The number of anilines is 1. The molecule has 1 amide bonds. The maximum Gasteiger partial charge on any atom is 0.270 e. The third-order valence-electron chi connectivity index (χ3n) is 3.33. The highest BCUT2D eigenvalue weighted by Crippen LogP contribution is 2.31. The topological polar surface area (TPSA) is 80.6 Å². The zero-order valence-corrected chi connectivity index (χ0v) is 11.7. The van der Waals surface area contributed by atoms with E-state index in [-0.39, 0.29) is 12.0 Å². The predicted molar refractivity (Wildman–Crippen MR) is 78.5 cm³/mol. The average molecular weight is 287 g/mol. The van der Waals surface area contributed by atoms with E-state index in [2.05, 4.69) is 4.98 Å². The summed E-state index contributed by atoms with van der Waals surface area (Å²) in [6.45, 7) is 0.855. The van der Waals surface area contributed by atoms with Crippen LogP contribution < -0.4 is 15.2 Å². The number of rotatable bonds is 3. The molecule has 6 nitrogen and oxygen atoms in total. The molecule has 6 heteroatoms. The number of carbonyl (C=O) groups excluding carboxylic acids is 1. The maximum atomic E-state index is 12.2. The van der Waals surface area contributed by atoms with Crippen LogP contribution in [0.2, 0.25) is 0 Å². The number of nitrogens with two attached hydrogens (primary N) is 1. The number of amides is 1. The molecule has 21 heavy (non-hydrogen) atoms. The summed E-state index contributed by atoms with van der Waals surface area (Å²) < 4.78 is 11.5. The molecule has 2 aromatic rings. The van der Waals surface area contributed by atoms with Crippen LogP contribution in [0.15, 0.2) is 36.5 Å². The van der Waals surface area contributed by atoms with Crippen molar-refractivity contribution in [2.24, 2.45) is 0 Å². The number of fused-ring (bicyclic) bond motifs is 1. The summed E-state index contributed by atoms with van der Waals surface area (Å²) in [6, 6.07) is 9.12. The van der Waals surface area contributed by atoms with E-state index in [0.29, 0.717) is 30.3 Å². The Kier molecular flexibility index (Phi) is 3.43. The Morgan fingerprint density at radius 3 is 2.90 bits per heavy atom. The van der Waals surface area contributed by atoms with Crippen LogP contribution in [0.3, 0.4) is 0 Å². The molecule has 0 fully saturated rings. The summed E-state index contributed by atoms with van der Waals surface area (Å²) >= 11 is 0. The summed E-state index contributed by atoms with van der Waals surface area (Å²) in [5.74, 6) is 1.31. The first-order chi connectivity index (χ1) is 10.1. The fourth-order valence-corrected chi connectivity index (χ4v) is 2.28. The Morgan fingerprint density at radius 1 is 1.43 bits per heavy atom. The van der Waals surface area contributed by atoms with Crippen LogP contribution in [0.1, 0.15) is 10.5 Å². The zero-order chi connectivity index (χ0) is 14.8. The molecular formula is C15H17N3O3. The summed E-state index contributed by atoms with van der Waals surface area (Å²) in [6.07, 6.45) is 1.40. The van der Waals surface area contributed by atoms with E-state index in [4.69, 9.17) is 15.2 Å². The minimum Gasteiger partial charge on any atom is -0.486 e. The Hall–Kier alpha value is -2.63. The largest absolute Gasteiger partial charge is 0.486 e. The van der Waals surface area contributed by atoms with Gasteiger partial charge in [0.2, 0.25) is 0 Å². The lowest BCUT2D eigenvalue weighted by atomic mass is 10.2. The van der Waals surface area contributed by atoms with E-state index in [9.17, 15) is 4.79 Å². The molecular weight excluding hydrogens is 270 g/mol. The van der Waals surface area contributed by atoms with Gasteiger partial charge >= 0.3 is 0 Å². The van der Waals surface area contributed by atoms with Crippen molar-refractivity contribution in [3.8, 4) is 11.5 Å². The number of aromatic amines is 1. The lowest BCUT2D eigenvalue weighted by Gasteiger charge is -2.29. The predicted octanol–water partition coefficient (Wildman–Crippen LogP) is 1.51. The third kappa shape index (κ3) is 2.79. The van der Waals surface area contributed by atoms with Gasteiger partial charge in [0.25, 0.3) is 5.91 Å². The molecule has 1 aliphatic heterocycles. The number of nitrogens with zero attached hydrogens (tertiary/aromatic N) is 1. The van der Waals surface area contributed by atoms with Crippen molar-refractivity contribution in [1.82, 2.24) is 9.88 Å². The Bertz CT molecular complexity index is 653. The fraction of sp³-hybridized carbons (Fsp3) is 0.267. The third-order valence-corrected chi connectivity index (χ3v) is 3.33. The second kappa shape index (κ2) is 5.40. The number of nitrogen functional groups attached to an aromatic ring is 1. The van der Waals surface area contributed by atoms with Crippen LogP contribution in [0.4, 0.5) is 5.69 Å². The van der Waals surface area contributed by atoms with Crippen molar-refractivity contribution in [1.29, 1.82) is 0 Å². The molecule has 0 bridgehead atoms. The average Bonchev–Trinajstić information content (AvgIpc) is 2.93. The van der Waals surface area contributed by atoms with Gasteiger partial charge in [0.15, 0.2) is 17.6 Å². The summed E-state index contributed by atoms with van der Waals surface area (Å²) in [5, 5.41) is 0. The van der Waals surface area contributed by atoms with Crippen LogP contribution in [-0.2, 0) is 0 Å². The monoisotopic (exact) mass is 287 g/mol. The highest BCUT2D eigenvalue weighted by Gasteiger charge is 2.24. The molecule has 1 aromatic carbocycles. The van der Waals surface area contributed by atoms with Gasteiger partial charge in [-0.25, -0.2) is 0 Å². The number of hydrogen-bond acceptors (Lipinski definition) is 4. The van der Waals surface area contributed by atoms with Gasteiger partial charge < -0.3 is 25.1 Å². The molecule has 110 valence electrons. The van der Waals surface area contributed by atoms with Crippen molar-refractivity contribution in [2.45, 2.75) is 6.10 Å². The van der Waals surface area contributed by atoms with Crippen molar-refractivity contribution < 1.29 is 14.3 Å². The minimum atomic E-state index is -0.193. The highest BCUT2D eigenvalue weighted by molar-refractivity contribution is 5.93. The minimum absolute atomic E-state index is 0.130. The van der Waals surface area contributed by atoms with Gasteiger partial charge in [0.05, 0.1) is 6.54 Å². The summed E-state index contributed by atoms with van der Waals surface area (Å²) in [7, 11) is 1.73. The molecule has 1 atom stereocenters. The lowest BCUT2D eigenvalue weighted by molar-refractivity contribution is 0.0518. The van der Waals surface area contributed by atoms with Crippen molar-refractivity contribution in [2.75, 3.05) is 25.9 Å². The first-order valence-corrected chi connectivity index (χ1v) is 6.71. The second-order valence-electron chi connectivity index (χ2n) is 5.03. The van der Waals surface area contributed by atoms with Crippen molar-refractivity contribution in [3.63, 3.8) is 0 Å². The van der Waals surface area contributed by atoms with E-state index < -0.39 is 0 Å². The molecule has 3 rings (SSSR count). The van der Waals surface area contributed by atoms with Crippen LogP contribution in [0, 0.1) is 0 Å². The first kappa shape index (κ1) is 13.4. The Morgan fingerprint density at radius 2 is 2.19 bits per heavy atom. The van der Waals surface area contributed by atoms with E-state index in [1.807, 2.05) is 24.3 Å². The number of ether oxygens (including phenoxy) is 2. The molecule has 0 saturated carbocycles. The normalized spacial score (nSPS) is 16.5. The molecule has 1 aromatic heterocycles. The van der Waals surface area contributed by atoms with Crippen LogP contribution in [0.5, 0.6) is 11.5 Å². The molecule has 3 N–H and O–H groups in total. The number of hydrogen-bond donors (Lipinski definition) is 2. The van der Waals surface area contributed by atoms with Gasteiger partial charge in [-0.3, -0.25) is 4.79 Å². The van der Waals surface area contributed by atoms with Gasteiger partial charge in [-0.05, 0) is 18.2 Å². The van der Waals surface area contributed by atoms with Crippen molar-refractivity contribution in [3.05, 3.63) is 42.2 Å². The quantitative estimate of drug-likeness (QED) is 0.896. The number of para-hydroxylation sites is 2. The van der Waals surface area contributed by atoms with E-state index in [1.165, 1.54) is 0 Å². The molecule has 0 saturated heterocycles. The highest BCUT2D eigenvalue weighted by atomic mass is 16.6. The molecule has 1 unspecified atom stereocenters. The van der Waals surface area contributed by atoms with Crippen LogP contribution in [0.25, 0.3) is 0 Å². The fourth-order valence-electron chi connectivity index (χ4n) is 2.28. The van der Waals surface area contributed by atoms with Gasteiger partial charge in [0, 0.05) is 18.9 Å². The number of nitrogens with one attached hydrogen (secondary N) is 1. The van der Waals surface area contributed by atoms with Gasteiger partial charge in [-0.15, -0.1) is 0 Å². The smallest absolute Gasteiger partial charge is 0.270 e. The second-order valence-corrected chi connectivity index (χ2v) is 5.03. The number of likely N-dealkylation sites (N-methyl/N-ethyl adjacent to an activating group) is 1. The molecule has 0 radical (unpaired) electrons. The summed E-state index contributed by atoms with van der Waals surface area (Å²) in [5.41, 5.74) is 6.61. The zero-order valence-electron chi connectivity index (χ0n) is 11.7. The standard InChI is InChI=1S/C15H17N3O3/c1-18(15(19)12-6-10(16)7-17-12)8-11-9-20-13-4-2-3-5-14(13)21-11/h2-7,11,17H,8-9,16H2,1H3. The molecule has 0 spiro atoms.